The van der Waals surface area contributed by atoms with Crippen LogP contribution in [0.4, 0.5) is 5.69 Å². The number of nitrogens with one attached hydrogen (secondary N) is 1. The highest BCUT2D eigenvalue weighted by molar-refractivity contribution is 5.92. The van der Waals surface area contributed by atoms with Gasteiger partial charge in [-0.3, -0.25) is 4.79 Å². The van der Waals surface area contributed by atoms with E-state index >= 15 is 0 Å². The third kappa shape index (κ3) is 4.54. The topological polar surface area (TPSA) is 74.2 Å². The van der Waals surface area contributed by atoms with Crippen LogP contribution in [0.25, 0.3) is 0 Å². The monoisotopic (exact) mass is 471 g/mol. The molecule has 0 bridgehead atoms. The van der Waals surface area contributed by atoms with Crippen LogP contribution in [0.5, 0.6) is 5.75 Å². The van der Waals surface area contributed by atoms with E-state index in [-0.39, 0.29) is 5.54 Å². The first kappa shape index (κ1) is 24.5. The van der Waals surface area contributed by atoms with Crippen molar-refractivity contribution in [1.29, 1.82) is 0 Å². The molecule has 1 unspecified atom stereocenters. The van der Waals surface area contributed by atoms with E-state index in [1.54, 1.807) is 61.9 Å². The van der Waals surface area contributed by atoms with Gasteiger partial charge in [-0.2, -0.15) is 5.10 Å². The van der Waals surface area contributed by atoms with Gasteiger partial charge in [-0.25, -0.2) is 5.43 Å². The molecule has 0 saturated heterocycles. The summed E-state index contributed by atoms with van der Waals surface area (Å²) < 4.78 is 5.65. The highest BCUT2D eigenvalue weighted by atomic mass is 16.5. The van der Waals surface area contributed by atoms with Gasteiger partial charge in [0.25, 0.3) is 5.91 Å². The number of carbonyl (C=O) groups excluding carboxylic acids is 1. The molecule has 1 amide bonds. The Kier molecular flexibility index (Phi) is 6.68. The predicted molar refractivity (Wildman–Crippen MR) is 140 cm³/mol. The number of benzene rings is 3. The molecular formula is C29H33N3O3. The first-order chi connectivity index (χ1) is 16.7. The zero-order valence-electron chi connectivity index (χ0n) is 20.9. The van der Waals surface area contributed by atoms with E-state index in [4.69, 9.17) is 4.74 Å². The lowest BCUT2D eigenvalue weighted by Gasteiger charge is -2.45. The van der Waals surface area contributed by atoms with Crippen LogP contribution >= 0.6 is 0 Å². The second-order valence-corrected chi connectivity index (χ2v) is 9.77. The van der Waals surface area contributed by atoms with Crippen LogP contribution in [-0.2, 0) is 10.4 Å². The third-order valence-electron chi connectivity index (χ3n) is 7.07. The van der Waals surface area contributed by atoms with Gasteiger partial charge in [0.1, 0.15) is 5.75 Å². The van der Waals surface area contributed by atoms with Crippen LogP contribution in [0.3, 0.4) is 0 Å². The number of hydrogen-bond donors (Lipinski definition) is 2. The fourth-order valence-corrected chi connectivity index (χ4v) is 4.92. The number of amides is 1. The molecule has 1 atom stereocenters. The summed E-state index contributed by atoms with van der Waals surface area (Å²) in [5.74, 6) is 0.392. The first-order valence-corrected chi connectivity index (χ1v) is 11.8. The van der Waals surface area contributed by atoms with E-state index in [1.807, 2.05) is 18.2 Å². The number of hydrogen-bond acceptors (Lipinski definition) is 5. The molecule has 3 aromatic rings. The van der Waals surface area contributed by atoms with Crippen LogP contribution in [-0.4, -0.2) is 36.9 Å². The minimum atomic E-state index is -1.89. The van der Waals surface area contributed by atoms with Gasteiger partial charge < -0.3 is 14.7 Å². The van der Waals surface area contributed by atoms with E-state index in [0.717, 1.165) is 17.7 Å². The third-order valence-corrected chi connectivity index (χ3v) is 7.07. The molecule has 0 saturated carbocycles. The zero-order valence-corrected chi connectivity index (χ0v) is 20.9. The maximum absolute atomic E-state index is 13.3. The molecule has 0 aromatic heterocycles. The molecule has 2 N–H and O–H groups in total. The predicted octanol–water partition coefficient (Wildman–Crippen LogP) is 4.80. The lowest BCUT2D eigenvalue weighted by molar-refractivity contribution is -0.136. The molecule has 6 nitrogen and oxygen atoms in total. The molecule has 0 aliphatic carbocycles. The number of fused-ring (bicyclic) bond motifs is 1. The van der Waals surface area contributed by atoms with Crippen molar-refractivity contribution < 1.29 is 14.6 Å². The first-order valence-electron chi connectivity index (χ1n) is 11.8. The van der Waals surface area contributed by atoms with Crippen LogP contribution in [0.15, 0.2) is 77.9 Å². The molecule has 1 aliphatic heterocycles. The molecule has 1 heterocycles. The van der Waals surface area contributed by atoms with Crippen molar-refractivity contribution in [3.05, 3.63) is 95.1 Å². The molecule has 35 heavy (non-hydrogen) atoms. The summed E-state index contributed by atoms with van der Waals surface area (Å²) in [6.45, 7) is 6.71. The Morgan fingerprint density at radius 1 is 1.11 bits per heavy atom. The SMILES string of the molecule is COc1cc2c(cc1/C=N\NC(=O)C(O)(c1ccccc1)c1ccccc1)C(C)CC(C)(C)N2C. The van der Waals surface area contributed by atoms with E-state index < -0.39 is 11.5 Å². The summed E-state index contributed by atoms with van der Waals surface area (Å²) in [5.41, 5.74) is 4.73. The summed E-state index contributed by atoms with van der Waals surface area (Å²) in [4.78, 5) is 15.6. The van der Waals surface area contributed by atoms with Crippen molar-refractivity contribution >= 4 is 17.8 Å². The normalized spacial score (nSPS) is 17.2. The maximum Gasteiger partial charge on any atom is 0.281 e. The standard InChI is InChI=1S/C29H33N3O3/c1-20-18-28(2,3)32(4)25-17-26(35-5)21(16-24(20)25)19-30-31-27(33)29(34,22-12-8-6-9-13-22)23-14-10-7-11-15-23/h6-17,19-20,34H,18H2,1-5H3,(H,31,33)/b30-19-. The van der Waals surface area contributed by atoms with Gasteiger partial charge in [0.05, 0.1) is 13.3 Å². The van der Waals surface area contributed by atoms with Crippen molar-refractivity contribution in [3.8, 4) is 5.75 Å². The molecule has 0 spiro atoms. The number of hydrazone groups is 1. The van der Waals surface area contributed by atoms with E-state index in [9.17, 15) is 9.90 Å². The Morgan fingerprint density at radius 2 is 1.69 bits per heavy atom. The van der Waals surface area contributed by atoms with Crippen LogP contribution in [0.2, 0.25) is 0 Å². The molecule has 182 valence electrons. The Labute approximate surface area is 207 Å². The highest BCUT2D eigenvalue weighted by Crippen LogP contribution is 2.44. The van der Waals surface area contributed by atoms with Crippen LogP contribution in [0, 0.1) is 0 Å². The minimum Gasteiger partial charge on any atom is -0.496 e. The van der Waals surface area contributed by atoms with Gasteiger partial charge in [-0.15, -0.1) is 0 Å². The van der Waals surface area contributed by atoms with Crippen molar-refractivity contribution in [2.45, 2.75) is 44.2 Å². The van der Waals surface area contributed by atoms with Gasteiger partial charge in [-0.05, 0) is 48.9 Å². The molecule has 1 aliphatic rings. The Hall–Kier alpha value is -3.64. The van der Waals surface area contributed by atoms with Crippen LogP contribution in [0.1, 0.15) is 55.4 Å². The molecule has 0 radical (unpaired) electrons. The summed E-state index contributed by atoms with van der Waals surface area (Å²) in [6, 6.07) is 21.8. The maximum atomic E-state index is 13.3. The van der Waals surface area contributed by atoms with Crippen molar-refractivity contribution in [3.63, 3.8) is 0 Å². The molecule has 6 heteroatoms. The number of aliphatic hydroxyl groups is 1. The van der Waals surface area contributed by atoms with Crippen LogP contribution < -0.4 is 15.1 Å². The lowest BCUT2D eigenvalue weighted by atomic mass is 9.80. The number of ether oxygens (including phenoxy) is 1. The van der Waals surface area contributed by atoms with Gasteiger partial charge in [0, 0.05) is 29.9 Å². The number of rotatable bonds is 6. The minimum absolute atomic E-state index is 0.0420. The Bertz CT molecular complexity index is 1180. The van der Waals surface area contributed by atoms with E-state index in [2.05, 4.69) is 49.3 Å². The summed E-state index contributed by atoms with van der Waals surface area (Å²) in [7, 11) is 3.73. The highest BCUT2D eigenvalue weighted by Gasteiger charge is 2.40. The number of carbonyl (C=O) groups is 1. The average molecular weight is 472 g/mol. The fraction of sp³-hybridized carbons (Fsp3) is 0.310. The largest absolute Gasteiger partial charge is 0.496 e. The summed E-state index contributed by atoms with van der Waals surface area (Å²) in [5, 5.41) is 15.8. The Morgan fingerprint density at radius 3 is 2.23 bits per heavy atom. The lowest BCUT2D eigenvalue weighted by Crippen LogP contribution is -2.45. The van der Waals surface area contributed by atoms with E-state index in [1.165, 1.54) is 5.56 Å². The smallest absolute Gasteiger partial charge is 0.281 e. The van der Waals surface area contributed by atoms with E-state index in [0.29, 0.717) is 22.8 Å². The second-order valence-electron chi connectivity index (χ2n) is 9.77. The second kappa shape index (κ2) is 9.55. The van der Waals surface area contributed by atoms with Crippen molar-refractivity contribution in [2.75, 3.05) is 19.1 Å². The quantitative estimate of drug-likeness (QED) is 0.400. The Balaban J connectivity index is 1.64. The van der Waals surface area contributed by atoms with Gasteiger partial charge >= 0.3 is 0 Å². The summed E-state index contributed by atoms with van der Waals surface area (Å²) in [6.07, 6.45) is 2.59. The fourth-order valence-electron chi connectivity index (χ4n) is 4.92. The van der Waals surface area contributed by atoms with Gasteiger partial charge in [0.2, 0.25) is 0 Å². The number of nitrogens with zero attached hydrogens (tertiary/aromatic N) is 2. The average Bonchev–Trinajstić information content (AvgIpc) is 2.87. The molecular weight excluding hydrogens is 438 g/mol. The zero-order chi connectivity index (χ0) is 25.2. The van der Waals surface area contributed by atoms with Gasteiger partial charge in [-0.1, -0.05) is 67.6 Å². The number of anilines is 1. The van der Waals surface area contributed by atoms with Crippen molar-refractivity contribution in [2.24, 2.45) is 5.10 Å². The van der Waals surface area contributed by atoms with Gasteiger partial charge in [0.15, 0.2) is 5.60 Å². The summed E-state index contributed by atoms with van der Waals surface area (Å²) >= 11 is 0. The molecule has 3 aromatic carbocycles. The number of methoxy groups -OCH3 is 1. The molecule has 4 rings (SSSR count). The van der Waals surface area contributed by atoms with Crippen molar-refractivity contribution in [1.82, 2.24) is 5.43 Å². The molecule has 0 fully saturated rings.